The van der Waals surface area contributed by atoms with Crippen LogP contribution >= 0.6 is 0 Å². The predicted molar refractivity (Wildman–Crippen MR) is 55.8 cm³/mol. The number of carboxylic acids is 1. The lowest BCUT2D eigenvalue weighted by Gasteiger charge is -2.40. The highest BCUT2D eigenvalue weighted by Crippen LogP contribution is 2.24. The zero-order valence-corrected chi connectivity index (χ0v) is 9.55. The first-order chi connectivity index (χ1) is 7.30. The van der Waals surface area contributed by atoms with Crippen molar-refractivity contribution in [3.05, 3.63) is 0 Å². The predicted octanol–water partition coefficient (Wildman–Crippen LogP) is -0.309. The highest BCUT2D eigenvalue weighted by atomic mass is 16.7. The van der Waals surface area contributed by atoms with E-state index in [0.29, 0.717) is 6.61 Å². The summed E-state index contributed by atoms with van der Waals surface area (Å²) in [5.41, 5.74) is 5.77. The smallest absolute Gasteiger partial charge is 0.305 e. The van der Waals surface area contributed by atoms with Crippen molar-refractivity contribution in [1.82, 2.24) is 0 Å². The molecule has 0 aromatic heterocycles. The van der Waals surface area contributed by atoms with Gasteiger partial charge >= 0.3 is 5.97 Å². The molecule has 0 unspecified atom stereocenters. The molecule has 0 aromatic rings. The highest BCUT2D eigenvalue weighted by molar-refractivity contribution is 5.67. The van der Waals surface area contributed by atoms with Crippen molar-refractivity contribution in [3.8, 4) is 0 Å². The first-order valence-corrected chi connectivity index (χ1v) is 5.27. The minimum Gasteiger partial charge on any atom is -0.481 e. The molecule has 6 nitrogen and oxygen atoms in total. The van der Waals surface area contributed by atoms with Crippen molar-refractivity contribution in [2.75, 3.05) is 6.61 Å². The van der Waals surface area contributed by atoms with Crippen molar-refractivity contribution in [1.29, 1.82) is 0 Å². The van der Waals surface area contributed by atoms with E-state index in [1.54, 1.807) is 13.8 Å². The summed E-state index contributed by atoms with van der Waals surface area (Å²) in [5, 5.41) is 18.0. The first kappa shape index (κ1) is 13.4. The molecule has 1 rings (SSSR count). The summed E-state index contributed by atoms with van der Waals surface area (Å²) in [5.74, 6) is -1.77. The van der Waals surface area contributed by atoms with Crippen LogP contribution in [0.25, 0.3) is 0 Å². The summed E-state index contributed by atoms with van der Waals surface area (Å²) < 4.78 is 10.9. The molecule has 0 aromatic carbocycles. The second-order valence-electron chi connectivity index (χ2n) is 4.52. The molecular formula is C10H19NO5. The number of aliphatic hydroxyl groups excluding tert-OH is 1. The maximum absolute atomic E-state index is 10.4. The number of ether oxygens (including phenoxy) is 2. The van der Waals surface area contributed by atoms with Crippen molar-refractivity contribution >= 4 is 5.97 Å². The number of carbonyl (C=O) groups is 1. The van der Waals surface area contributed by atoms with Crippen molar-refractivity contribution < 1.29 is 24.5 Å². The molecule has 1 heterocycles. The molecular weight excluding hydrogens is 214 g/mol. The van der Waals surface area contributed by atoms with Gasteiger partial charge in [-0.1, -0.05) is 0 Å². The molecule has 1 fully saturated rings. The molecule has 0 saturated carbocycles. The summed E-state index contributed by atoms with van der Waals surface area (Å²) in [4.78, 5) is 10.4. The van der Waals surface area contributed by atoms with E-state index in [0.717, 1.165) is 0 Å². The van der Waals surface area contributed by atoms with E-state index in [-0.39, 0.29) is 25.0 Å². The van der Waals surface area contributed by atoms with Gasteiger partial charge < -0.3 is 25.4 Å². The van der Waals surface area contributed by atoms with E-state index < -0.39 is 17.9 Å². The summed E-state index contributed by atoms with van der Waals surface area (Å²) >= 11 is 0. The largest absolute Gasteiger partial charge is 0.481 e. The third kappa shape index (κ3) is 4.05. The van der Waals surface area contributed by atoms with Gasteiger partial charge in [0.1, 0.15) is 0 Å². The average molecular weight is 233 g/mol. The molecule has 4 N–H and O–H groups in total. The SMILES string of the molecule is CC1(C)OC[C@@H](N)[C@@H](C[C@@H](O)CC(=O)O)O1. The Morgan fingerprint density at radius 1 is 1.62 bits per heavy atom. The van der Waals surface area contributed by atoms with Gasteiger partial charge in [-0.2, -0.15) is 0 Å². The van der Waals surface area contributed by atoms with Crippen LogP contribution in [-0.2, 0) is 14.3 Å². The van der Waals surface area contributed by atoms with Crippen LogP contribution in [0.2, 0.25) is 0 Å². The maximum Gasteiger partial charge on any atom is 0.305 e. The Hall–Kier alpha value is -0.690. The van der Waals surface area contributed by atoms with Crippen LogP contribution in [0.15, 0.2) is 0 Å². The minimum absolute atomic E-state index is 0.209. The monoisotopic (exact) mass is 233 g/mol. The molecule has 0 radical (unpaired) electrons. The van der Waals surface area contributed by atoms with Crippen molar-refractivity contribution in [3.63, 3.8) is 0 Å². The molecule has 0 spiro atoms. The number of rotatable bonds is 4. The van der Waals surface area contributed by atoms with Gasteiger partial charge in [0.2, 0.25) is 0 Å². The number of carboxylic acid groups (broad SMARTS) is 1. The quantitative estimate of drug-likeness (QED) is 0.615. The van der Waals surface area contributed by atoms with Crippen molar-refractivity contribution in [2.45, 2.75) is 50.7 Å². The van der Waals surface area contributed by atoms with Crippen LogP contribution in [0, 0.1) is 0 Å². The van der Waals surface area contributed by atoms with Crippen LogP contribution in [0.4, 0.5) is 0 Å². The molecule has 1 saturated heterocycles. The average Bonchev–Trinajstić information content (AvgIpc) is 2.09. The Kier molecular flexibility index (Phi) is 4.26. The van der Waals surface area contributed by atoms with Crippen LogP contribution in [-0.4, -0.2) is 46.8 Å². The minimum atomic E-state index is -1.03. The Morgan fingerprint density at radius 3 is 2.81 bits per heavy atom. The van der Waals surface area contributed by atoms with Gasteiger partial charge in [0.25, 0.3) is 0 Å². The molecule has 0 aliphatic carbocycles. The topological polar surface area (TPSA) is 102 Å². The van der Waals surface area contributed by atoms with Gasteiger partial charge in [0.15, 0.2) is 5.79 Å². The third-order valence-corrected chi connectivity index (χ3v) is 2.45. The summed E-state index contributed by atoms with van der Waals surface area (Å²) in [6.45, 7) is 3.86. The van der Waals surface area contributed by atoms with E-state index in [2.05, 4.69) is 0 Å². The molecule has 94 valence electrons. The standard InChI is InChI=1S/C10H19NO5/c1-10(2)15-5-7(11)8(16-10)3-6(12)4-9(13)14/h6-8,12H,3-5,11H2,1-2H3,(H,13,14)/t6-,7-,8-/m1/s1. The highest BCUT2D eigenvalue weighted by Gasteiger charge is 2.35. The van der Waals surface area contributed by atoms with E-state index in [4.69, 9.17) is 20.3 Å². The zero-order valence-electron chi connectivity index (χ0n) is 9.55. The molecule has 6 heteroatoms. The lowest BCUT2D eigenvalue weighted by atomic mass is 10.0. The van der Waals surface area contributed by atoms with E-state index >= 15 is 0 Å². The summed E-state index contributed by atoms with van der Waals surface area (Å²) in [6, 6.07) is -0.337. The number of nitrogens with two attached hydrogens (primary N) is 1. The first-order valence-electron chi connectivity index (χ1n) is 5.27. The molecule has 1 aliphatic rings. The maximum atomic E-state index is 10.4. The van der Waals surface area contributed by atoms with Crippen LogP contribution in [0.1, 0.15) is 26.7 Å². The van der Waals surface area contributed by atoms with Gasteiger partial charge in [0.05, 0.1) is 31.3 Å². The van der Waals surface area contributed by atoms with Gasteiger partial charge in [-0.25, -0.2) is 0 Å². The van der Waals surface area contributed by atoms with Crippen LogP contribution < -0.4 is 5.73 Å². The molecule has 3 atom stereocenters. The lowest BCUT2D eigenvalue weighted by molar-refractivity contribution is -0.282. The molecule has 1 aliphatic heterocycles. The van der Waals surface area contributed by atoms with Crippen molar-refractivity contribution in [2.24, 2.45) is 5.73 Å². The van der Waals surface area contributed by atoms with E-state index in [1.165, 1.54) is 0 Å². The fourth-order valence-electron chi connectivity index (χ4n) is 1.67. The fourth-order valence-corrected chi connectivity index (χ4v) is 1.67. The number of hydrogen-bond acceptors (Lipinski definition) is 5. The molecule has 0 amide bonds. The van der Waals surface area contributed by atoms with Gasteiger partial charge in [-0.3, -0.25) is 4.79 Å². The number of hydrogen-bond donors (Lipinski definition) is 3. The van der Waals surface area contributed by atoms with Gasteiger partial charge in [-0.05, 0) is 13.8 Å². The number of aliphatic hydroxyl groups is 1. The van der Waals surface area contributed by atoms with Crippen LogP contribution in [0.5, 0.6) is 0 Å². The van der Waals surface area contributed by atoms with E-state index in [1.807, 2.05) is 0 Å². The fraction of sp³-hybridized carbons (Fsp3) is 0.900. The van der Waals surface area contributed by atoms with Gasteiger partial charge in [-0.15, -0.1) is 0 Å². The summed E-state index contributed by atoms with van der Waals surface area (Å²) in [6.07, 6.45) is -1.41. The van der Waals surface area contributed by atoms with Crippen LogP contribution in [0.3, 0.4) is 0 Å². The Bertz CT molecular complexity index is 256. The van der Waals surface area contributed by atoms with E-state index in [9.17, 15) is 9.90 Å². The second-order valence-corrected chi connectivity index (χ2v) is 4.52. The molecule has 0 bridgehead atoms. The number of aliphatic carboxylic acids is 1. The second kappa shape index (κ2) is 5.09. The Morgan fingerprint density at radius 2 is 2.25 bits per heavy atom. The Labute approximate surface area is 94.3 Å². The van der Waals surface area contributed by atoms with Gasteiger partial charge in [0, 0.05) is 6.42 Å². The lowest BCUT2D eigenvalue weighted by Crippen LogP contribution is -2.53. The normalized spacial score (nSPS) is 31.0. The third-order valence-electron chi connectivity index (χ3n) is 2.45. The zero-order chi connectivity index (χ0) is 12.3. The summed E-state index contributed by atoms with van der Waals surface area (Å²) in [7, 11) is 0. The Balaban J connectivity index is 2.48. The molecule has 16 heavy (non-hydrogen) atoms.